The summed E-state index contributed by atoms with van der Waals surface area (Å²) in [7, 11) is 1.84. The van der Waals surface area contributed by atoms with E-state index in [4.69, 9.17) is 0 Å². The molecular weight excluding hydrogens is 248 g/mol. The van der Waals surface area contributed by atoms with Gasteiger partial charge in [0.15, 0.2) is 0 Å². The van der Waals surface area contributed by atoms with Gasteiger partial charge in [-0.05, 0) is 29.2 Å². The lowest BCUT2D eigenvalue weighted by atomic mass is 9.93. The van der Waals surface area contributed by atoms with Crippen LogP contribution < -0.4 is 4.90 Å². The van der Waals surface area contributed by atoms with E-state index in [1.807, 2.05) is 31.4 Å². The molecule has 3 nitrogen and oxygen atoms in total. The minimum atomic E-state index is 0.155. The van der Waals surface area contributed by atoms with Gasteiger partial charge in [0.05, 0.1) is 12.1 Å². The molecule has 2 heterocycles. The molecule has 20 heavy (non-hydrogen) atoms. The molecule has 1 amide bonds. The van der Waals surface area contributed by atoms with Crippen molar-refractivity contribution < 1.29 is 4.79 Å². The lowest BCUT2D eigenvalue weighted by Crippen LogP contribution is -2.20. The van der Waals surface area contributed by atoms with Crippen LogP contribution in [-0.4, -0.2) is 17.9 Å². The van der Waals surface area contributed by atoms with Gasteiger partial charge in [-0.15, -0.1) is 0 Å². The largest absolute Gasteiger partial charge is 0.315 e. The molecule has 0 N–H and O–H groups in total. The summed E-state index contributed by atoms with van der Waals surface area (Å²) in [5, 5.41) is 0. The molecule has 0 spiro atoms. The van der Waals surface area contributed by atoms with Gasteiger partial charge in [0.25, 0.3) is 0 Å². The maximum atomic E-state index is 11.9. The second-order valence-electron chi connectivity index (χ2n) is 5.52. The zero-order valence-corrected chi connectivity index (χ0v) is 12.1. The number of rotatable bonds is 2. The lowest BCUT2D eigenvalue weighted by molar-refractivity contribution is -0.117. The standard InChI is InChI=1S/C17H18N2O/c1-11(2)17-13(7-5-9-18-17)12-6-4-8-15-14(12)10-16(20)19(15)3/h4-9,11H,10H2,1-3H3. The van der Waals surface area contributed by atoms with Gasteiger partial charge < -0.3 is 4.90 Å². The second kappa shape index (κ2) is 4.75. The maximum Gasteiger partial charge on any atom is 0.231 e. The van der Waals surface area contributed by atoms with Gasteiger partial charge in [0.2, 0.25) is 5.91 Å². The van der Waals surface area contributed by atoms with E-state index in [9.17, 15) is 4.79 Å². The molecule has 0 saturated carbocycles. The van der Waals surface area contributed by atoms with Crippen molar-refractivity contribution in [3.63, 3.8) is 0 Å². The van der Waals surface area contributed by atoms with Crippen molar-refractivity contribution in [1.29, 1.82) is 0 Å². The molecule has 1 aliphatic heterocycles. The number of pyridine rings is 1. The van der Waals surface area contributed by atoms with Crippen LogP contribution in [0.5, 0.6) is 0 Å². The minimum absolute atomic E-state index is 0.155. The van der Waals surface area contributed by atoms with E-state index in [1.165, 1.54) is 0 Å². The smallest absolute Gasteiger partial charge is 0.231 e. The molecule has 1 aliphatic rings. The number of hydrogen-bond donors (Lipinski definition) is 0. The van der Waals surface area contributed by atoms with Gasteiger partial charge in [-0.2, -0.15) is 0 Å². The SMILES string of the molecule is CC(C)c1ncccc1-c1cccc2c1CC(=O)N2C. The monoisotopic (exact) mass is 266 g/mol. The first-order chi connectivity index (χ1) is 9.59. The minimum Gasteiger partial charge on any atom is -0.315 e. The van der Waals surface area contributed by atoms with Gasteiger partial charge in [-0.3, -0.25) is 9.78 Å². The van der Waals surface area contributed by atoms with Gasteiger partial charge in [-0.25, -0.2) is 0 Å². The van der Waals surface area contributed by atoms with Crippen LogP contribution in [-0.2, 0) is 11.2 Å². The number of benzene rings is 1. The zero-order chi connectivity index (χ0) is 14.3. The highest BCUT2D eigenvalue weighted by Crippen LogP contribution is 2.38. The molecule has 3 rings (SSSR count). The number of amides is 1. The number of fused-ring (bicyclic) bond motifs is 1. The van der Waals surface area contributed by atoms with E-state index in [2.05, 4.69) is 31.0 Å². The number of nitrogens with zero attached hydrogens (tertiary/aromatic N) is 2. The first-order valence-electron chi connectivity index (χ1n) is 6.93. The van der Waals surface area contributed by atoms with Gasteiger partial charge in [0, 0.05) is 24.5 Å². The predicted molar refractivity (Wildman–Crippen MR) is 80.9 cm³/mol. The Bertz CT molecular complexity index is 676. The summed E-state index contributed by atoms with van der Waals surface area (Å²) in [4.78, 5) is 18.2. The molecule has 1 aromatic heterocycles. The number of anilines is 1. The summed E-state index contributed by atoms with van der Waals surface area (Å²) >= 11 is 0. The van der Waals surface area contributed by atoms with Crippen molar-refractivity contribution >= 4 is 11.6 Å². The van der Waals surface area contributed by atoms with E-state index < -0.39 is 0 Å². The van der Waals surface area contributed by atoms with E-state index in [0.717, 1.165) is 28.1 Å². The molecule has 3 heteroatoms. The topological polar surface area (TPSA) is 33.2 Å². The third-order valence-electron chi connectivity index (χ3n) is 3.89. The van der Waals surface area contributed by atoms with Crippen molar-refractivity contribution in [3.05, 3.63) is 47.8 Å². The average molecular weight is 266 g/mol. The van der Waals surface area contributed by atoms with E-state index in [-0.39, 0.29) is 5.91 Å². The summed E-state index contributed by atoms with van der Waals surface area (Å²) in [6, 6.07) is 10.2. The van der Waals surface area contributed by atoms with Crippen LogP contribution in [0.2, 0.25) is 0 Å². The maximum absolute atomic E-state index is 11.9. The molecule has 0 unspecified atom stereocenters. The van der Waals surface area contributed by atoms with E-state index >= 15 is 0 Å². The van der Waals surface area contributed by atoms with Crippen LogP contribution in [0.15, 0.2) is 36.5 Å². The normalized spacial score (nSPS) is 14.0. The Morgan fingerprint density at radius 1 is 1.15 bits per heavy atom. The summed E-state index contributed by atoms with van der Waals surface area (Å²) in [5.41, 5.74) is 5.50. The van der Waals surface area contributed by atoms with Crippen molar-refractivity contribution in [2.75, 3.05) is 11.9 Å². The van der Waals surface area contributed by atoms with E-state index in [0.29, 0.717) is 12.3 Å². The van der Waals surface area contributed by atoms with Gasteiger partial charge in [-0.1, -0.05) is 32.0 Å². The van der Waals surface area contributed by atoms with Crippen LogP contribution in [0.25, 0.3) is 11.1 Å². The van der Waals surface area contributed by atoms with Crippen LogP contribution in [0.3, 0.4) is 0 Å². The molecule has 0 saturated heterocycles. The van der Waals surface area contributed by atoms with Gasteiger partial charge >= 0.3 is 0 Å². The molecule has 0 radical (unpaired) electrons. The first kappa shape index (κ1) is 12.9. The van der Waals surface area contributed by atoms with Crippen molar-refractivity contribution in [2.45, 2.75) is 26.2 Å². The fourth-order valence-electron chi connectivity index (χ4n) is 2.84. The first-order valence-corrected chi connectivity index (χ1v) is 6.93. The number of hydrogen-bond acceptors (Lipinski definition) is 2. The Balaban J connectivity index is 2.21. The molecule has 1 aromatic carbocycles. The fourth-order valence-corrected chi connectivity index (χ4v) is 2.84. The number of carbonyl (C=O) groups is 1. The Hall–Kier alpha value is -2.16. The highest BCUT2D eigenvalue weighted by Gasteiger charge is 2.27. The number of likely N-dealkylation sites (N-methyl/N-ethyl adjacent to an activating group) is 1. The molecule has 0 aliphatic carbocycles. The molecule has 2 aromatic rings. The van der Waals surface area contributed by atoms with Crippen molar-refractivity contribution in [1.82, 2.24) is 4.98 Å². The van der Waals surface area contributed by atoms with Crippen LogP contribution in [0.4, 0.5) is 5.69 Å². The van der Waals surface area contributed by atoms with Crippen molar-refractivity contribution in [3.8, 4) is 11.1 Å². The number of aromatic nitrogens is 1. The van der Waals surface area contributed by atoms with Gasteiger partial charge in [0.1, 0.15) is 0 Å². The summed E-state index contributed by atoms with van der Waals surface area (Å²) in [6.45, 7) is 4.29. The van der Waals surface area contributed by atoms with E-state index in [1.54, 1.807) is 4.90 Å². The summed E-state index contributed by atoms with van der Waals surface area (Å²) in [6.07, 6.45) is 2.31. The second-order valence-corrected chi connectivity index (χ2v) is 5.52. The quantitative estimate of drug-likeness (QED) is 0.834. The molecular formula is C17H18N2O. The molecule has 0 atom stereocenters. The lowest BCUT2D eigenvalue weighted by Gasteiger charge is -2.15. The highest BCUT2D eigenvalue weighted by molar-refractivity contribution is 6.03. The Morgan fingerprint density at radius 2 is 1.90 bits per heavy atom. The van der Waals surface area contributed by atoms with Crippen molar-refractivity contribution in [2.24, 2.45) is 0 Å². The zero-order valence-electron chi connectivity index (χ0n) is 12.1. The van der Waals surface area contributed by atoms with Crippen LogP contribution in [0, 0.1) is 0 Å². The fraction of sp³-hybridized carbons (Fsp3) is 0.294. The van der Waals surface area contributed by atoms with Crippen LogP contribution >= 0.6 is 0 Å². The number of carbonyl (C=O) groups excluding carboxylic acids is 1. The molecule has 0 fully saturated rings. The Labute approximate surface area is 119 Å². The highest BCUT2D eigenvalue weighted by atomic mass is 16.2. The predicted octanol–water partition coefficient (Wildman–Crippen LogP) is 3.39. The summed E-state index contributed by atoms with van der Waals surface area (Å²) < 4.78 is 0. The third-order valence-corrected chi connectivity index (χ3v) is 3.89. The summed E-state index contributed by atoms with van der Waals surface area (Å²) in [5.74, 6) is 0.513. The molecule has 102 valence electrons. The molecule has 0 bridgehead atoms. The average Bonchev–Trinajstić information content (AvgIpc) is 2.74. The Morgan fingerprint density at radius 3 is 2.65 bits per heavy atom. The Kier molecular flexibility index (Phi) is 3.05. The third kappa shape index (κ3) is 1.90. The van der Waals surface area contributed by atoms with Crippen LogP contribution in [0.1, 0.15) is 31.0 Å².